The van der Waals surface area contributed by atoms with Crippen LogP contribution < -0.4 is 24.8 Å². The molecule has 544 valence electrons. The van der Waals surface area contributed by atoms with Crippen LogP contribution in [0.3, 0.4) is 0 Å². The molecule has 0 saturated heterocycles. The molecular weight excluding hydrogens is 1890 g/mol. The van der Waals surface area contributed by atoms with E-state index in [4.69, 9.17) is 59.5 Å². The fourth-order valence-electron chi connectivity index (χ4n) is 2.67. The third-order valence-corrected chi connectivity index (χ3v) is 12.9. The minimum atomic E-state index is -5.08. The smallest absolute Gasteiger partial charge is 0.412 e. The number of alkyl halides is 28. The molecule has 0 saturated carbocycles. The van der Waals surface area contributed by atoms with Gasteiger partial charge in [-0.05, 0) is 19.1 Å². The van der Waals surface area contributed by atoms with Crippen LogP contribution in [0.25, 0.3) is 9.69 Å². The van der Waals surface area contributed by atoms with E-state index in [9.17, 15) is 118 Å². The van der Waals surface area contributed by atoms with Gasteiger partial charge >= 0.3 is 49.4 Å². The predicted molar refractivity (Wildman–Crippen MR) is 265 cm³/mol. The summed E-state index contributed by atoms with van der Waals surface area (Å²) in [6, 6.07) is 5.78. The monoisotopic (exact) mass is 1940 g/mol. The zero-order valence-electron chi connectivity index (χ0n) is 46.9. The summed E-state index contributed by atoms with van der Waals surface area (Å²) in [4.78, 5) is 6.36. The minimum absolute atomic E-state index is 0. The molecule has 0 unspecified atom stereocenters. The number of halogens is 30. The molecule has 89 heavy (non-hydrogen) atoms. The largest absolute Gasteiger partial charge is 1.00 e. The Morgan fingerprint density at radius 1 is 0.427 bits per heavy atom. The van der Waals surface area contributed by atoms with Gasteiger partial charge < -0.3 is 76.7 Å². The molecular formula is C37H52Cl6F24Ir2N4O11P4S-4. The maximum Gasteiger partial charge on any atom is 0.412 e. The minimum Gasteiger partial charge on any atom is -1.00 e. The molecule has 0 aliphatic rings. The average molecular weight is 1940 g/mol. The van der Waals surface area contributed by atoms with Gasteiger partial charge in [0, 0.05) is 95.8 Å². The first-order chi connectivity index (χ1) is 37.5. The zero-order chi connectivity index (χ0) is 69.1. The summed E-state index contributed by atoms with van der Waals surface area (Å²) in [6.07, 6.45) is -40.6. The number of benzene rings is 1. The van der Waals surface area contributed by atoms with Gasteiger partial charge in [-0.25, -0.2) is 21.6 Å². The number of aryl methyl sites for hydroxylation is 1. The third kappa shape index (κ3) is 88.8. The number of nitrogens with zero attached hydrogens (tertiary/aromatic N) is 4. The Balaban J connectivity index is -0.000000103. The van der Waals surface area contributed by atoms with E-state index in [0.717, 1.165) is 5.56 Å². The Morgan fingerprint density at radius 2 is 0.551 bits per heavy atom. The van der Waals surface area contributed by atoms with Gasteiger partial charge in [0.1, 0.15) is 10.1 Å². The summed E-state index contributed by atoms with van der Waals surface area (Å²) >= 11 is 19.1. The van der Waals surface area contributed by atoms with Gasteiger partial charge in [-0.1, -0.05) is 17.7 Å². The molecule has 0 bridgehead atoms. The molecule has 0 N–H and O–H groups in total. The summed E-state index contributed by atoms with van der Waals surface area (Å²) < 4.78 is 356. The maximum absolute atomic E-state index is 12.2. The molecule has 2 radical (unpaired) electrons. The van der Waals surface area contributed by atoms with Crippen LogP contribution >= 0.6 is 80.5 Å². The molecule has 0 aliphatic heterocycles. The van der Waals surface area contributed by atoms with Gasteiger partial charge in [0.15, 0.2) is 52.9 Å². The van der Waals surface area contributed by atoms with E-state index in [0.29, 0.717) is 14.1 Å². The molecule has 1 rings (SSSR count). The molecule has 0 aliphatic carbocycles. The van der Waals surface area contributed by atoms with E-state index in [2.05, 4.69) is 45.9 Å². The second kappa shape index (κ2) is 51.9. The summed E-state index contributed by atoms with van der Waals surface area (Å²) in [7, 11) is -17.0. The van der Waals surface area contributed by atoms with Crippen molar-refractivity contribution in [2.75, 3.05) is 77.6 Å². The Kier molecular flexibility index (Phi) is 64.9. The van der Waals surface area contributed by atoms with Crippen LogP contribution in [0.4, 0.5) is 105 Å². The van der Waals surface area contributed by atoms with Gasteiger partial charge in [-0.3, -0.25) is 0 Å². The van der Waals surface area contributed by atoms with E-state index >= 15 is 0 Å². The zero-order valence-corrected chi connectivity index (χ0v) is 59.6. The van der Waals surface area contributed by atoms with Crippen LogP contribution in [-0.4, -0.2) is 160 Å². The first-order valence-electron chi connectivity index (χ1n) is 20.8. The van der Waals surface area contributed by atoms with Crippen molar-refractivity contribution in [3.8, 4) is 0 Å². The fourth-order valence-corrected chi connectivity index (χ4v) is 9.02. The molecule has 15 nitrogen and oxygen atoms in total. The normalized spacial score (nSPS) is 12.4. The first kappa shape index (κ1) is 111. The van der Waals surface area contributed by atoms with E-state index in [1.165, 1.54) is 12.1 Å². The van der Waals surface area contributed by atoms with E-state index in [1.54, 1.807) is 12.1 Å². The molecule has 52 heteroatoms. The van der Waals surface area contributed by atoms with Gasteiger partial charge in [0.2, 0.25) is 11.1 Å². The molecule has 1 aromatic rings. The van der Waals surface area contributed by atoms with Gasteiger partial charge in [-0.2, -0.15) is 114 Å². The maximum atomic E-state index is 12.2. The topological polar surface area (TPSA) is 146 Å². The summed E-state index contributed by atoms with van der Waals surface area (Å²) in [6.45, 7) is 8.58. The average Bonchev–Trinajstić information content (AvgIpc) is 3.26. The molecule has 0 spiro atoms. The van der Waals surface area contributed by atoms with Crippen molar-refractivity contribution < 1.29 is 221 Å². The quantitative estimate of drug-likeness (QED) is 0.0379. The molecule has 0 amide bonds. The SMILES string of the molecule is CN(P(OCC(F)(F)F)OCC(F)(F)F)P(OCC(F)(F)F)OCC(F)(F)F.CN(P(OCC(F)(F)F)OCC(F)(F)F)P(OCC(F)(F)F)OCC(F)(F)F.Cc1ccc(S(=O)(=O)[O-])cc1.ClCCl.ClCCl.[C-]#[N+]C(C)(C)C.[C-]#[N+]C(C)(C)C.[Cl-].[Cl-].[H-].[Ir].[Ir]. The molecule has 0 atom stereocenters. The van der Waals surface area contributed by atoms with Gasteiger partial charge in [0.25, 0.3) is 34.1 Å². The van der Waals surface area contributed by atoms with Crippen molar-refractivity contribution in [1.29, 1.82) is 0 Å². The Labute approximate surface area is 561 Å². The van der Waals surface area contributed by atoms with Crippen molar-refractivity contribution in [3.63, 3.8) is 0 Å². The third-order valence-electron chi connectivity index (χ3n) is 5.64. The van der Waals surface area contributed by atoms with E-state index < -0.39 is 146 Å². The number of hydrogen-bond acceptors (Lipinski definition) is 13. The van der Waals surface area contributed by atoms with Crippen LogP contribution in [0, 0.1) is 20.1 Å². The fraction of sp³-hybridized carbons (Fsp3) is 0.784. The molecule has 0 fully saturated rings. The van der Waals surface area contributed by atoms with Crippen LogP contribution in [0.2, 0.25) is 0 Å². The Bertz CT molecular complexity index is 1850. The molecule has 1 aromatic carbocycles. The van der Waals surface area contributed by atoms with Crippen molar-refractivity contribution in [2.24, 2.45) is 0 Å². The van der Waals surface area contributed by atoms with Crippen LogP contribution in [0.5, 0.6) is 0 Å². The second-order valence-electron chi connectivity index (χ2n) is 16.1. The number of hydrogen-bond donors (Lipinski definition) is 0. The summed E-state index contributed by atoms with van der Waals surface area (Å²) in [5, 5.41) is 0.389. The second-order valence-corrected chi connectivity index (χ2v) is 26.1. The molecule has 0 aromatic heterocycles. The number of rotatable bonds is 21. The van der Waals surface area contributed by atoms with Crippen LogP contribution in [0.15, 0.2) is 29.2 Å². The van der Waals surface area contributed by atoms with Crippen molar-refractivity contribution in [2.45, 2.75) is 114 Å². The van der Waals surface area contributed by atoms with E-state index in [-0.39, 0.29) is 102 Å². The van der Waals surface area contributed by atoms with Crippen molar-refractivity contribution in [3.05, 3.63) is 52.7 Å². The van der Waals surface area contributed by atoms with Crippen LogP contribution in [0.1, 0.15) is 48.5 Å². The van der Waals surface area contributed by atoms with Gasteiger partial charge in [0.05, 0.1) is 15.6 Å². The van der Waals surface area contributed by atoms with Crippen molar-refractivity contribution in [1.82, 2.24) is 8.88 Å². The van der Waals surface area contributed by atoms with E-state index in [1.807, 2.05) is 48.5 Å². The van der Waals surface area contributed by atoms with Gasteiger partial charge in [-0.15, -0.1) is 46.4 Å². The standard InChI is InChI=1S/2C9H11F12NO4P2.C7H8O3S.2C5H9N.2CH2Cl2.2ClH.2Ir.H/c2*1-22(27(23-2-6(10,11)12)24-3-7(13,14)15)28(25-4-8(16,17)18)26-5-9(19,20)21;1-6-2-4-7(5-3-6)11(8,9)10;2*1-5(2,3)6-4;2*2-1-3;;;;;/h2*2-5H2,1H3;2-5H,1H3,(H,8,9,10);2*1-3H3;2*1H2;2*1H;;;/q;;;;;;;;;;;-1/p-3. The van der Waals surface area contributed by atoms with Crippen molar-refractivity contribution >= 4 is 90.6 Å². The van der Waals surface area contributed by atoms with Crippen LogP contribution in [-0.2, 0) is 86.5 Å². The Hall–Kier alpha value is 0.789. The first-order valence-corrected chi connectivity index (χ1v) is 28.9. The summed E-state index contributed by atoms with van der Waals surface area (Å²) in [5.41, 5.74) is 0.595. The predicted octanol–water partition coefficient (Wildman–Crippen LogP) is 12.6. The molecule has 0 heterocycles. The summed E-state index contributed by atoms with van der Waals surface area (Å²) in [5.74, 6) is 0. The Morgan fingerprint density at radius 3 is 0.640 bits per heavy atom.